The van der Waals surface area contributed by atoms with Crippen LogP contribution in [0.15, 0.2) is 0 Å². The van der Waals surface area contributed by atoms with Gasteiger partial charge in [0.15, 0.2) is 17.9 Å². The van der Waals surface area contributed by atoms with Crippen molar-refractivity contribution in [1.82, 2.24) is 0 Å². The Morgan fingerprint density at radius 1 is 0.895 bits per heavy atom. The first-order chi connectivity index (χ1) is 8.69. The molecule has 0 aromatic rings. The third kappa shape index (κ3) is 2.46. The van der Waals surface area contributed by atoms with Crippen LogP contribution < -0.4 is 0 Å². The number of ether oxygens (including phenoxy) is 5. The molecule has 6 nitrogen and oxygen atoms in total. The van der Waals surface area contributed by atoms with Gasteiger partial charge in [-0.3, -0.25) is 0 Å². The Balaban J connectivity index is 1.85. The molecule has 0 amide bonds. The molecule has 0 spiro atoms. The fourth-order valence-electron chi connectivity index (χ4n) is 2.87. The van der Waals surface area contributed by atoms with Crippen LogP contribution in [-0.4, -0.2) is 52.4 Å². The predicted octanol–water partition coefficient (Wildman–Crippen LogP) is 1.10. The first kappa shape index (κ1) is 14.2. The van der Waals surface area contributed by atoms with Gasteiger partial charge >= 0.3 is 0 Å². The average Bonchev–Trinajstić information content (AvgIpc) is 2.69. The molecule has 1 N–H and O–H groups in total. The summed E-state index contributed by atoms with van der Waals surface area (Å²) in [6.07, 6.45) is -2.08. The number of rotatable bonds is 1. The van der Waals surface area contributed by atoms with Gasteiger partial charge in [0.1, 0.15) is 29.4 Å². The summed E-state index contributed by atoms with van der Waals surface area (Å²) in [5.41, 5.74) is 0. The maximum atomic E-state index is 9.80. The zero-order chi connectivity index (χ0) is 14.0. The van der Waals surface area contributed by atoms with Crippen molar-refractivity contribution in [3.8, 4) is 0 Å². The normalized spacial score (nSPS) is 48.6. The van der Waals surface area contributed by atoms with E-state index >= 15 is 0 Å². The summed E-state index contributed by atoms with van der Waals surface area (Å²) in [5, 5.41) is 8.96. The number of hydrogen-bond acceptors (Lipinski definition) is 6. The maximum Gasteiger partial charge on any atom is 0.190 e. The monoisotopic (exact) mass is 338 g/mol. The minimum absolute atomic E-state index is 0.308. The van der Waals surface area contributed by atoms with Crippen molar-refractivity contribution in [3.05, 3.63) is 0 Å². The minimum Gasteiger partial charge on any atom is -0.379 e. The van der Waals surface area contributed by atoms with Crippen LogP contribution in [0.1, 0.15) is 27.7 Å². The summed E-state index contributed by atoms with van der Waals surface area (Å²) in [7, 11) is 0. The second-order valence-electron chi connectivity index (χ2n) is 6.01. The van der Waals surface area contributed by atoms with E-state index in [0.717, 1.165) is 0 Å². The van der Waals surface area contributed by atoms with Crippen LogP contribution in [0.4, 0.5) is 0 Å². The van der Waals surface area contributed by atoms with E-state index in [9.17, 15) is 5.11 Å². The lowest BCUT2D eigenvalue weighted by molar-refractivity contribution is -0.349. The summed E-state index contributed by atoms with van der Waals surface area (Å²) in [6.45, 7) is 7.29. The van der Waals surface area contributed by atoms with Gasteiger partial charge in [-0.15, -0.1) is 0 Å². The Kier molecular flexibility index (Phi) is 3.26. The van der Waals surface area contributed by atoms with Gasteiger partial charge in [-0.05, 0) is 27.7 Å². The third-order valence-electron chi connectivity index (χ3n) is 3.46. The van der Waals surface area contributed by atoms with Gasteiger partial charge in [0.2, 0.25) is 0 Å². The first-order valence-electron chi connectivity index (χ1n) is 6.37. The Hall–Kier alpha value is 0.240. The van der Waals surface area contributed by atoms with Crippen LogP contribution in [-0.2, 0) is 23.7 Å². The van der Waals surface area contributed by atoms with E-state index in [-0.39, 0.29) is 12.2 Å². The van der Waals surface area contributed by atoms with E-state index in [1.165, 1.54) is 0 Å². The predicted molar refractivity (Wildman–Crippen MR) is 67.5 cm³/mol. The molecule has 0 aliphatic carbocycles. The Bertz CT molecular complexity index is 371. The van der Waals surface area contributed by atoms with Gasteiger partial charge in [-0.1, -0.05) is 15.9 Å². The molecular weight excluding hydrogens is 320 g/mol. The molecule has 3 heterocycles. The molecule has 3 saturated heterocycles. The van der Waals surface area contributed by atoms with Crippen molar-refractivity contribution in [2.24, 2.45) is 0 Å². The van der Waals surface area contributed by atoms with E-state index < -0.39 is 35.1 Å². The van der Waals surface area contributed by atoms with Crippen molar-refractivity contribution >= 4 is 15.9 Å². The summed E-state index contributed by atoms with van der Waals surface area (Å²) in [5.74, 6) is -1.50. The minimum atomic E-state index is -0.838. The van der Waals surface area contributed by atoms with Crippen LogP contribution >= 0.6 is 15.9 Å². The van der Waals surface area contributed by atoms with Gasteiger partial charge in [0.25, 0.3) is 0 Å². The standard InChI is InChI=1S/C12H19BrO6/c1-11(2)16-6-5(7(17-11)9(13)14)15-10-8(6)18-12(3,4)19-10/h5-10,14H,1-4H3/t5-,6-,7-,8+,9?,10+/m0/s1. The van der Waals surface area contributed by atoms with Crippen LogP contribution in [0.25, 0.3) is 0 Å². The molecule has 0 aromatic heterocycles. The van der Waals surface area contributed by atoms with Gasteiger partial charge in [-0.25, -0.2) is 0 Å². The van der Waals surface area contributed by atoms with Crippen molar-refractivity contribution in [3.63, 3.8) is 0 Å². The highest BCUT2D eigenvalue weighted by Gasteiger charge is 2.61. The number of aliphatic hydroxyl groups is 1. The molecule has 0 bridgehead atoms. The van der Waals surface area contributed by atoms with Crippen molar-refractivity contribution in [2.45, 2.75) is 75.0 Å². The molecule has 7 heteroatoms. The quantitative estimate of drug-likeness (QED) is 0.722. The van der Waals surface area contributed by atoms with E-state index in [1.807, 2.05) is 13.8 Å². The largest absolute Gasteiger partial charge is 0.379 e. The molecule has 3 aliphatic heterocycles. The summed E-state index contributed by atoms with van der Waals surface area (Å²) in [6, 6.07) is 0. The second-order valence-corrected chi connectivity index (χ2v) is 6.94. The molecule has 0 aromatic carbocycles. The molecule has 0 saturated carbocycles. The Labute approximate surface area is 120 Å². The summed E-state index contributed by atoms with van der Waals surface area (Å²) in [4.78, 5) is 0. The number of fused-ring (bicyclic) bond motifs is 3. The lowest BCUT2D eigenvalue weighted by Gasteiger charge is -2.44. The second kappa shape index (κ2) is 4.37. The molecule has 1 unspecified atom stereocenters. The Morgan fingerprint density at radius 2 is 1.47 bits per heavy atom. The smallest absolute Gasteiger partial charge is 0.190 e. The lowest BCUT2D eigenvalue weighted by atomic mass is 10.0. The highest BCUT2D eigenvalue weighted by Crippen LogP contribution is 2.45. The lowest BCUT2D eigenvalue weighted by Crippen LogP contribution is -2.58. The SMILES string of the molecule is CC1(C)O[C@H]2O[C@H]3[C@H](OC(C)(C)O[C@@H]3C(O)Br)[C@H]2O1. The molecule has 110 valence electrons. The molecular formula is C12H19BrO6. The van der Waals surface area contributed by atoms with Gasteiger partial charge in [-0.2, -0.15) is 0 Å². The van der Waals surface area contributed by atoms with Crippen LogP contribution in [0.3, 0.4) is 0 Å². The number of halogens is 1. The van der Waals surface area contributed by atoms with Crippen molar-refractivity contribution in [1.29, 1.82) is 0 Å². The molecule has 3 rings (SSSR count). The van der Waals surface area contributed by atoms with Gasteiger partial charge in [0.05, 0.1) is 0 Å². The number of aliphatic hydroxyl groups excluding tert-OH is 1. The third-order valence-corrected chi connectivity index (χ3v) is 3.98. The van der Waals surface area contributed by atoms with Crippen LogP contribution in [0, 0.1) is 0 Å². The summed E-state index contributed by atoms with van der Waals surface area (Å²) < 4.78 is 28.9. The molecule has 3 aliphatic rings. The molecule has 6 atom stereocenters. The van der Waals surface area contributed by atoms with Crippen LogP contribution in [0.2, 0.25) is 0 Å². The number of alkyl halides is 1. The highest BCUT2D eigenvalue weighted by atomic mass is 79.9. The van der Waals surface area contributed by atoms with Crippen molar-refractivity contribution in [2.75, 3.05) is 0 Å². The first-order valence-corrected chi connectivity index (χ1v) is 7.29. The molecule has 0 radical (unpaired) electrons. The van der Waals surface area contributed by atoms with Gasteiger partial charge < -0.3 is 28.8 Å². The topological polar surface area (TPSA) is 66.4 Å². The molecule has 19 heavy (non-hydrogen) atoms. The van der Waals surface area contributed by atoms with E-state index in [0.29, 0.717) is 0 Å². The average molecular weight is 339 g/mol. The van der Waals surface area contributed by atoms with E-state index in [1.54, 1.807) is 13.8 Å². The number of hydrogen-bond donors (Lipinski definition) is 1. The fourth-order valence-corrected chi connectivity index (χ4v) is 3.27. The fraction of sp³-hybridized carbons (Fsp3) is 1.00. The molecule has 3 fully saturated rings. The van der Waals surface area contributed by atoms with E-state index in [4.69, 9.17) is 23.7 Å². The maximum absolute atomic E-state index is 9.80. The highest BCUT2D eigenvalue weighted by molar-refractivity contribution is 9.09. The van der Waals surface area contributed by atoms with E-state index in [2.05, 4.69) is 15.9 Å². The zero-order valence-corrected chi connectivity index (χ0v) is 12.9. The Morgan fingerprint density at radius 3 is 2.11 bits per heavy atom. The van der Waals surface area contributed by atoms with Crippen LogP contribution in [0.5, 0.6) is 0 Å². The van der Waals surface area contributed by atoms with Gasteiger partial charge in [0, 0.05) is 0 Å². The summed E-state index contributed by atoms with van der Waals surface area (Å²) >= 11 is 3.14. The zero-order valence-electron chi connectivity index (χ0n) is 11.3. The van der Waals surface area contributed by atoms with Crippen molar-refractivity contribution < 1.29 is 28.8 Å².